The number of hydrogen-bond donors (Lipinski definition) is 1. The maximum absolute atomic E-state index is 6.01. The SMILES string of the molecule is NCCc1nnn(-c2ccc(Cl)cc2Cl)n1. The Bertz CT molecular complexity index is 496. The molecule has 0 atom stereocenters. The van der Waals surface area contributed by atoms with Gasteiger partial charge < -0.3 is 5.73 Å². The van der Waals surface area contributed by atoms with Crippen LogP contribution in [0.2, 0.25) is 10.0 Å². The number of halogens is 2. The minimum Gasteiger partial charge on any atom is -0.330 e. The van der Waals surface area contributed by atoms with Crippen molar-refractivity contribution in [3.05, 3.63) is 34.1 Å². The third-order valence-corrected chi connectivity index (χ3v) is 2.49. The molecule has 0 spiro atoms. The summed E-state index contributed by atoms with van der Waals surface area (Å²) in [6.07, 6.45) is 0.589. The first-order valence-corrected chi connectivity index (χ1v) is 5.40. The minimum atomic E-state index is 0.476. The summed E-state index contributed by atoms with van der Waals surface area (Å²) in [6, 6.07) is 5.08. The summed E-state index contributed by atoms with van der Waals surface area (Å²) in [5.41, 5.74) is 6.04. The summed E-state index contributed by atoms with van der Waals surface area (Å²) in [4.78, 5) is 1.36. The van der Waals surface area contributed by atoms with Crippen LogP contribution in [0.4, 0.5) is 0 Å². The first-order chi connectivity index (χ1) is 7.70. The van der Waals surface area contributed by atoms with Crippen LogP contribution in [0.1, 0.15) is 5.82 Å². The highest BCUT2D eigenvalue weighted by Gasteiger charge is 2.08. The number of hydrogen-bond acceptors (Lipinski definition) is 4. The summed E-state index contributed by atoms with van der Waals surface area (Å²) >= 11 is 11.8. The van der Waals surface area contributed by atoms with Gasteiger partial charge in [-0.15, -0.1) is 15.0 Å². The van der Waals surface area contributed by atoms with Crippen LogP contribution in [0.25, 0.3) is 5.69 Å². The molecule has 0 saturated carbocycles. The zero-order chi connectivity index (χ0) is 11.5. The van der Waals surface area contributed by atoms with Crippen LogP contribution >= 0.6 is 23.2 Å². The van der Waals surface area contributed by atoms with E-state index in [2.05, 4.69) is 15.4 Å². The molecule has 1 aromatic carbocycles. The number of rotatable bonds is 3. The highest BCUT2D eigenvalue weighted by atomic mass is 35.5. The Hall–Kier alpha value is -1.17. The molecule has 0 aliphatic rings. The summed E-state index contributed by atoms with van der Waals surface area (Å²) in [5.74, 6) is 0.591. The lowest BCUT2D eigenvalue weighted by Gasteiger charge is -2.01. The van der Waals surface area contributed by atoms with E-state index in [1.165, 1.54) is 4.80 Å². The zero-order valence-corrected chi connectivity index (χ0v) is 9.78. The molecule has 16 heavy (non-hydrogen) atoms. The van der Waals surface area contributed by atoms with Gasteiger partial charge in [0.1, 0.15) is 5.69 Å². The number of tetrazole rings is 1. The van der Waals surface area contributed by atoms with Gasteiger partial charge in [0.2, 0.25) is 0 Å². The molecule has 0 radical (unpaired) electrons. The van der Waals surface area contributed by atoms with Crippen molar-refractivity contribution in [2.24, 2.45) is 5.73 Å². The van der Waals surface area contributed by atoms with Crippen molar-refractivity contribution in [1.82, 2.24) is 20.2 Å². The van der Waals surface area contributed by atoms with Gasteiger partial charge in [0, 0.05) is 11.4 Å². The topological polar surface area (TPSA) is 69.6 Å². The summed E-state index contributed by atoms with van der Waals surface area (Å²) in [7, 11) is 0. The van der Waals surface area contributed by atoms with Crippen molar-refractivity contribution >= 4 is 23.2 Å². The van der Waals surface area contributed by atoms with Gasteiger partial charge in [0.25, 0.3) is 0 Å². The maximum atomic E-state index is 6.01. The van der Waals surface area contributed by atoms with Gasteiger partial charge in [0.05, 0.1) is 5.02 Å². The van der Waals surface area contributed by atoms with Crippen molar-refractivity contribution in [2.75, 3.05) is 6.54 Å². The van der Waals surface area contributed by atoms with Crippen LogP contribution in [-0.2, 0) is 6.42 Å². The van der Waals surface area contributed by atoms with E-state index in [1.807, 2.05) is 0 Å². The molecule has 0 aliphatic heterocycles. The first kappa shape index (κ1) is 11.3. The van der Waals surface area contributed by atoms with E-state index in [0.29, 0.717) is 34.5 Å². The van der Waals surface area contributed by atoms with Gasteiger partial charge in [-0.1, -0.05) is 23.2 Å². The molecule has 0 unspecified atom stereocenters. The molecular weight excluding hydrogens is 249 g/mol. The van der Waals surface area contributed by atoms with E-state index in [0.717, 1.165) is 0 Å². The average molecular weight is 258 g/mol. The molecule has 0 fully saturated rings. The predicted octanol–water partition coefficient (Wildman–Crippen LogP) is 1.47. The Morgan fingerprint density at radius 2 is 2.12 bits per heavy atom. The summed E-state index contributed by atoms with van der Waals surface area (Å²) in [5, 5.41) is 12.9. The van der Waals surface area contributed by atoms with Crippen LogP contribution in [-0.4, -0.2) is 26.8 Å². The molecule has 5 nitrogen and oxygen atoms in total. The molecule has 84 valence electrons. The van der Waals surface area contributed by atoms with E-state index < -0.39 is 0 Å². The van der Waals surface area contributed by atoms with Crippen LogP contribution in [0.5, 0.6) is 0 Å². The smallest absolute Gasteiger partial charge is 0.176 e. The fourth-order valence-electron chi connectivity index (χ4n) is 1.22. The van der Waals surface area contributed by atoms with E-state index in [-0.39, 0.29) is 0 Å². The Labute approximate surface area is 102 Å². The Balaban J connectivity index is 2.35. The van der Waals surface area contributed by atoms with Crippen LogP contribution in [0, 0.1) is 0 Å². The largest absolute Gasteiger partial charge is 0.330 e. The van der Waals surface area contributed by atoms with Crippen LogP contribution < -0.4 is 5.73 Å². The van der Waals surface area contributed by atoms with E-state index in [1.54, 1.807) is 18.2 Å². The molecule has 1 aromatic heterocycles. The van der Waals surface area contributed by atoms with Gasteiger partial charge in [-0.2, -0.15) is 0 Å². The lowest BCUT2D eigenvalue weighted by atomic mass is 10.3. The highest BCUT2D eigenvalue weighted by molar-refractivity contribution is 6.35. The Morgan fingerprint density at radius 1 is 1.31 bits per heavy atom. The normalized spacial score (nSPS) is 10.7. The Kier molecular flexibility index (Phi) is 3.38. The van der Waals surface area contributed by atoms with Gasteiger partial charge in [-0.25, -0.2) is 0 Å². The zero-order valence-electron chi connectivity index (χ0n) is 8.27. The molecule has 2 rings (SSSR count). The molecule has 0 saturated heterocycles. The molecule has 2 aromatic rings. The first-order valence-electron chi connectivity index (χ1n) is 4.65. The van der Waals surface area contributed by atoms with E-state index in [4.69, 9.17) is 28.9 Å². The van der Waals surface area contributed by atoms with Crippen molar-refractivity contribution in [2.45, 2.75) is 6.42 Å². The minimum absolute atomic E-state index is 0.476. The lowest BCUT2D eigenvalue weighted by Crippen LogP contribution is -2.05. The third-order valence-electron chi connectivity index (χ3n) is 1.95. The number of benzene rings is 1. The average Bonchev–Trinajstić information content (AvgIpc) is 2.67. The van der Waals surface area contributed by atoms with Gasteiger partial charge in [-0.05, 0) is 30.0 Å². The van der Waals surface area contributed by atoms with Gasteiger partial charge in [0.15, 0.2) is 5.82 Å². The summed E-state index contributed by atoms with van der Waals surface area (Å²) in [6.45, 7) is 0.486. The molecular formula is C9H9Cl2N5. The van der Waals surface area contributed by atoms with Gasteiger partial charge in [-0.3, -0.25) is 0 Å². The monoisotopic (exact) mass is 257 g/mol. The Morgan fingerprint density at radius 3 is 2.81 bits per heavy atom. The molecule has 0 aliphatic carbocycles. The quantitative estimate of drug-likeness (QED) is 0.905. The van der Waals surface area contributed by atoms with Crippen LogP contribution in [0.15, 0.2) is 18.2 Å². The second-order valence-corrected chi connectivity index (χ2v) is 3.97. The fourth-order valence-corrected chi connectivity index (χ4v) is 1.70. The highest BCUT2D eigenvalue weighted by Crippen LogP contribution is 2.22. The van der Waals surface area contributed by atoms with Crippen molar-refractivity contribution in [3.63, 3.8) is 0 Å². The van der Waals surface area contributed by atoms with Crippen molar-refractivity contribution in [1.29, 1.82) is 0 Å². The fraction of sp³-hybridized carbons (Fsp3) is 0.222. The molecule has 2 N–H and O–H groups in total. The van der Waals surface area contributed by atoms with Gasteiger partial charge >= 0.3 is 0 Å². The van der Waals surface area contributed by atoms with E-state index >= 15 is 0 Å². The van der Waals surface area contributed by atoms with E-state index in [9.17, 15) is 0 Å². The molecule has 1 heterocycles. The van der Waals surface area contributed by atoms with Crippen molar-refractivity contribution in [3.8, 4) is 5.69 Å². The van der Waals surface area contributed by atoms with Crippen molar-refractivity contribution < 1.29 is 0 Å². The number of aromatic nitrogens is 4. The third kappa shape index (κ3) is 2.32. The van der Waals surface area contributed by atoms with Crippen LogP contribution in [0.3, 0.4) is 0 Å². The lowest BCUT2D eigenvalue weighted by molar-refractivity contribution is 0.717. The second-order valence-electron chi connectivity index (χ2n) is 3.13. The predicted molar refractivity (Wildman–Crippen MR) is 61.9 cm³/mol. The molecule has 0 amide bonds. The molecule has 0 bridgehead atoms. The molecule has 7 heteroatoms. The maximum Gasteiger partial charge on any atom is 0.176 e. The summed E-state index contributed by atoms with van der Waals surface area (Å²) < 4.78 is 0. The second kappa shape index (κ2) is 4.78. The number of nitrogens with zero attached hydrogens (tertiary/aromatic N) is 4. The number of nitrogens with two attached hydrogens (primary N) is 1. The standard InChI is InChI=1S/C9H9Cl2N5/c10-6-1-2-8(7(11)5-6)16-14-9(3-4-12)13-15-16/h1-2,5H,3-4,12H2.